The minimum absolute atomic E-state index is 0. The highest BCUT2D eigenvalue weighted by atomic mass is 35.5. The molecule has 1 unspecified atom stereocenters. The number of carbonyl (C=O) groups is 1. The summed E-state index contributed by atoms with van der Waals surface area (Å²) in [6, 6.07) is 3.36. The smallest absolute Gasteiger partial charge is 0.355 e. The van der Waals surface area contributed by atoms with Gasteiger partial charge in [-0.3, -0.25) is 4.79 Å². The van der Waals surface area contributed by atoms with Crippen molar-refractivity contribution in [3.63, 3.8) is 0 Å². The Labute approximate surface area is 156 Å². The molecule has 148 valence electrons. The molecule has 1 fully saturated rings. The van der Waals surface area contributed by atoms with Gasteiger partial charge in [0.15, 0.2) is 0 Å². The van der Waals surface area contributed by atoms with E-state index in [9.17, 15) is 26.4 Å². The van der Waals surface area contributed by atoms with Crippen LogP contribution in [0.2, 0.25) is 0 Å². The fourth-order valence-corrected chi connectivity index (χ4v) is 4.20. The van der Waals surface area contributed by atoms with Crippen molar-refractivity contribution in [2.45, 2.75) is 23.9 Å². The predicted octanol–water partition coefficient (Wildman–Crippen LogP) is 1.60. The van der Waals surface area contributed by atoms with E-state index in [0.29, 0.717) is 19.4 Å². The lowest BCUT2D eigenvalue weighted by Crippen LogP contribution is -2.46. The minimum atomic E-state index is -4.53. The van der Waals surface area contributed by atoms with Crippen molar-refractivity contribution >= 4 is 28.3 Å². The summed E-state index contributed by atoms with van der Waals surface area (Å²) < 4.78 is 64.2. The van der Waals surface area contributed by atoms with E-state index in [1.807, 2.05) is 0 Å². The van der Waals surface area contributed by atoms with Crippen molar-refractivity contribution in [1.82, 2.24) is 9.62 Å². The van der Waals surface area contributed by atoms with Crippen LogP contribution in [0, 0.1) is 5.92 Å². The van der Waals surface area contributed by atoms with Crippen LogP contribution in [0.15, 0.2) is 29.2 Å². The number of halogens is 4. The molecular weight excluding hydrogens is 395 g/mol. The van der Waals surface area contributed by atoms with Gasteiger partial charge in [0.25, 0.3) is 0 Å². The highest BCUT2D eigenvalue weighted by Gasteiger charge is 2.34. The number of hydrogen-bond acceptors (Lipinski definition) is 4. The first-order valence-corrected chi connectivity index (χ1v) is 9.25. The first-order valence-electron chi connectivity index (χ1n) is 7.81. The van der Waals surface area contributed by atoms with Gasteiger partial charge in [-0.15, -0.1) is 12.4 Å². The summed E-state index contributed by atoms with van der Waals surface area (Å²) in [5.74, 6) is -0.762. The molecule has 1 aromatic carbocycles. The number of nitrogens with zero attached hydrogens (tertiary/aromatic N) is 1. The first kappa shape index (κ1) is 22.7. The second-order valence-electron chi connectivity index (χ2n) is 5.80. The van der Waals surface area contributed by atoms with Crippen molar-refractivity contribution in [2.75, 3.05) is 26.2 Å². The third kappa shape index (κ3) is 5.32. The summed E-state index contributed by atoms with van der Waals surface area (Å²) in [5.41, 5.74) is 4.41. The summed E-state index contributed by atoms with van der Waals surface area (Å²) in [7, 11) is -3.95. The summed E-state index contributed by atoms with van der Waals surface area (Å²) >= 11 is 0. The molecule has 1 aliphatic heterocycles. The molecule has 11 heteroatoms. The average molecular weight is 416 g/mol. The molecule has 1 atom stereocenters. The van der Waals surface area contributed by atoms with Crippen LogP contribution in [0.25, 0.3) is 0 Å². The van der Waals surface area contributed by atoms with E-state index in [-0.39, 0.29) is 42.8 Å². The second kappa shape index (κ2) is 9.03. The summed E-state index contributed by atoms with van der Waals surface area (Å²) in [4.78, 5) is 11.8. The van der Waals surface area contributed by atoms with Gasteiger partial charge in [-0.1, -0.05) is 0 Å². The van der Waals surface area contributed by atoms with Crippen molar-refractivity contribution in [3.05, 3.63) is 29.8 Å². The predicted molar refractivity (Wildman–Crippen MR) is 92.2 cm³/mol. The molecule has 6 nitrogen and oxygen atoms in total. The van der Waals surface area contributed by atoms with Gasteiger partial charge in [0, 0.05) is 26.2 Å². The van der Waals surface area contributed by atoms with Crippen molar-refractivity contribution in [3.8, 4) is 0 Å². The van der Waals surface area contributed by atoms with Crippen molar-refractivity contribution < 1.29 is 26.4 Å². The maximum Gasteiger partial charge on any atom is 0.416 e. The molecule has 0 saturated carbocycles. The fourth-order valence-electron chi connectivity index (χ4n) is 2.68. The third-order valence-corrected chi connectivity index (χ3v) is 5.90. The number of benzene rings is 1. The number of nitrogens with one attached hydrogen (secondary N) is 1. The van der Waals surface area contributed by atoms with Crippen LogP contribution in [-0.2, 0) is 21.0 Å². The molecule has 3 N–H and O–H groups in total. The summed E-state index contributed by atoms with van der Waals surface area (Å²) in [6.45, 7) is 0.816. The largest absolute Gasteiger partial charge is 0.416 e. The number of sulfonamides is 1. The molecule has 0 aromatic heterocycles. The third-order valence-electron chi connectivity index (χ3n) is 4.02. The molecule has 26 heavy (non-hydrogen) atoms. The van der Waals surface area contributed by atoms with Crippen molar-refractivity contribution in [1.29, 1.82) is 0 Å². The molecule has 1 heterocycles. The van der Waals surface area contributed by atoms with E-state index in [1.54, 1.807) is 0 Å². The SMILES string of the molecule is Cl.NCCNC(=O)C1CCCN(S(=O)(=O)c2ccc(C(F)(F)F)cc2)C1. The molecular formula is C15H21ClF3N3O3S. The van der Waals surface area contributed by atoms with E-state index < -0.39 is 27.7 Å². The molecule has 0 spiro atoms. The number of carbonyl (C=O) groups excluding carboxylic acids is 1. The molecule has 0 bridgehead atoms. The molecule has 1 amide bonds. The van der Waals surface area contributed by atoms with E-state index in [2.05, 4.69) is 5.32 Å². The van der Waals surface area contributed by atoms with Gasteiger partial charge in [-0.2, -0.15) is 17.5 Å². The Hall–Kier alpha value is -1.36. The monoisotopic (exact) mass is 415 g/mol. The maximum absolute atomic E-state index is 12.6. The number of rotatable bonds is 5. The second-order valence-corrected chi connectivity index (χ2v) is 7.74. The van der Waals surface area contributed by atoms with E-state index >= 15 is 0 Å². The summed E-state index contributed by atoms with van der Waals surface area (Å²) in [5, 5.41) is 2.63. The Morgan fingerprint density at radius 1 is 1.27 bits per heavy atom. The van der Waals surface area contributed by atoms with Gasteiger partial charge < -0.3 is 11.1 Å². The number of alkyl halides is 3. The van der Waals surface area contributed by atoms with Crippen LogP contribution < -0.4 is 11.1 Å². The highest BCUT2D eigenvalue weighted by Crippen LogP contribution is 2.31. The lowest BCUT2D eigenvalue weighted by Gasteiger charge is -2.31. The lowest BCUT2D eigenvalue weighted by molar-refractivity contribution is -0.137. The van der Waals surface area contributed by atoms with Crippen LogP contribution in [0.4, 0.5) is 13.2 Å². The Morgan fingerprint density at radius 3 is 2.42 bits per heavy atom. The van der Waals surface area contributed by atoms with Gasteiger partial charge in [0.1, 0.15) is 0 Å². The van der Waals surface area contributed by atoms with Gasteiger partial charge in [-0.05, 0) is 37.1 Å². The van der Waals surface area contributed by atoms with Crippen LogP contribution in [0.1, 0.15) is 18.4 Å². The number of amides is 1. The number of piperidine rings is 1. The zero-order chi connectivity index (χ0) is 18.7. The van der Waals surface area contributed by atoms with E-state index in [0.717, 1.165) is 28.6 Å². The van der Waals surface area contributed by atoms with Crippen molar-refractivity contribution in [2.24, 2.45) is 11.7 Å². The molecule has 1 aromatic rings. The van der Waals surface area contributed by atoms with E-state index in [1.165, 1.54) is 0 Å². The van der Waals surface area contributed by atoms with Crippen LogP contribution >= 0.6 is 12.4 Å². The first-order chi connectivity index (χ1) is 11.7. The molecule has 0 radical (unpaired) electrons. The van der Waals surface area contributed by atoms with Crippen LogP contribution in [0.3, 0.4) is 0 Å². The maximum atomic E-state index is 12.6. The zero-order valence-electron chi connectivity index (χ0n) is 13.8. The number of nitrogens with two attached hydrogens (primary N) is 1. The standard InChI is InChI=1S/C15H20F3N3O3S.ClH/c16-15(17,18)12-3-5-13(6-4-12)25(23,24)21-9-1-2-11(10-21)14(22)20-8-7-19;/h3-6,11H,1-2,7-10,19H2,(H,20,22);1H. The molecule has 1 saturated heterocycles. The van der Waals surface area contributed by atoms with Gasteiger partial charge in [0.2, 0.25) is 15.9 Å². The van der Waals surface area contributed by atoms with E-state index in [4.69, 9.17) is 5.73 Å². The lowest BCUT2D eigenvalue weighted by atomic mass is 9.99. The highest BCUT2D eigenvalue weighted by molar-refractivity contribution is 7.89. The van der Waals surface area contributed by atoms with Crippen LogP contribution in [-0.4, -0.2) is 44.8 Å². The molecule has 2 rings (SSSR count). The average Bonchev–Trinajstić information content (AvgIpc) is 2.59. The van der Waals surface area contributed by atoms with Gasteiger partial charge in [-0.25, -0.2) is 8.42 Å². The normalized spacial score (nSPS) is 18.8. The fraction of sp³-hybridized carbons (Fsp3) is 0.533. The Morgan fingerprint density at radius 2 is 1.88 bits per heavy atom. The van der Waals surface area contributed by atoms with Crippen LogP contribution in [0.5, 0.6) is 0 Å². The Bertz CT molecular complexity index is 711. The topological polar surface area (TPSA) is 92.5 Å². The minimum Gasteiger partial charge on any atom is -0.355 e. The summed E-state index contributed by atoms with van der Waals surface area (Å²) in [6.07, 6.45) is -3.48. The zero-order valence-corrected chi connectivity index (χ0v) is 15.5. The number of hydrogen-bond donors (Lipinski definition) is 2. The van der Waals surface area contributed by atoms with Gasteiger partial charge >= 0.3 is 6.18 Å². The Balaban J connectivity index is 0.00000338. The Kier molecular flexibility index (Phi) is 7.87. The quantitative estimate of drug-likeness (QED) is 0.764. The molecule has 1 aliphatic rings. The van der Waals surface area contributed by atoms with Gasteiger partial charge in [0.05, 0.1) is 16.4 Å². The molecule has 0 aliphatic carbocycles.